The van der Waals surface area contributed by atoms with E-state index in [1.165, 1.54) is 5.56 Å². The van der Waals surface area contributed by atoms with Crippen molar-refractivity contribution in [1.29, 1.82) is 0 Å². The standard InChI is InChI=1S/C15H22O2/c1-5-12(2)11-15(17-13(3)16-4)14-9-7-6-8-10-14/h6-10,12,15H,3,5,11H2,1-2,4H3. The fraction of sp³-hybridized carbons (Fsp3) is 0.467. The van der Waals surface area contributed by atoms with E-state index < -0.39 is 0 Å². The van der Waals surface area contributed by atoms with Crippen LogP contribution in [0.4, 0.5) is 0 Å². The molecule has 0 amide bonds. The van der Waals surface area contributed by atoms with Crippen molar-refractivity contribution in [2.75, 3.05) is 7.11 Å². The predicted molar refractivity (Wildman–Crippen MR) is 70.5 cm³/mol. The Morgan fingerprint density at radius 1 is 1.29 bits per heavy atom. The molecule has 2 nitrogen and oxygen atoms in total. The minimum absolute atomic E-state index is 0.0265. The number of ether oxygens (including phenoxy) is 2. The summed E-state index contributed by atoms with van der Waals surface area (Å²) >= 11 is 0. The van der Waals surface area contributed by atoms with Crippen molar-refractivity contribution in [3.8, 4) is 0 Å². The Balaban J connectivity index is 2.75. The molecule has 0 aliphatic heterocycles. The summed E-state index contributed by atoms with van der Waals surface area (Å²) in [5.41, 5.74) is 1.17. The number of rotatable bonds is 7. The summed E-state index contributed by atoms with van der Waals surface area (Å²) in [6, 6.07) is 10.2. The van der Waals surface area contributed by atoms with Gasteiger partial charge in [-0.3, -0.25) is 0 Å². The molecule has 2 unspecified atom stereocenters. The summed E-state index contributed by atoms with van der Waals surface area (Å²) < 4.78 is 10.7. The lowest BCUT2D eigenvalue weighted by molar-refractivity contribution is 0.00104. The Hall–Kier alpha value is -1.44. The Kier molecular flexibility index (Phi) is 5.61. The summed E-state index contributed by atoms with van der Waals surface area (Å²) in [4.78, 5) is 0. The average molecular weight is 234 g/mol. The Morgan fingerprint density at radius 2 is 1.94 bits per heavy atom. The van der Waals surface area contributed by atoms with Crippen molar-refractivity contribution in [3.05, 3.63) is 48.4 Å². The molecular formula is C15H22O2. The maximum atomic E-state index is 5.74. The highest BCUT2D eigenvalue weighted by atomic mass is 16.7. The topological polar surface area (TPSA) is 18.5 Å². The van der Waals surface area contributed by atoms with Crippen LogP contribution in [0.15, 0.2) is 42.9 Å². The molecule has 0 N–H and O–H groups in total. The summed E-state index contributed by atoms with van der Waals surface area (Å²) in [7, 11) is 1.58. The second kappa shape index (κ2) is 7.00. The highest BCUT2D eigenvalue weighted by Crippen LogP contribution is 2.28. The van der Waals surface area contributed by atoms with E-state index in [9.17, 15) is 0 Å². The van der Waals surface area contributed by atoms with Crippen molar-refractivity contribution in [1.82, 2.24) is 0 Å². The molecule has 1 aromatic rings. The number of methoxy groups -OCH3 is 1. The summed E-state index contributed by atoms with van der Waals surface area (Å²) in [5.74, 6) is 0.993. The number of hydrogen-bond acceptors (Lipinski definition) is 2. The lowest BCUT2D eigenvalue weighted by atomic mass is 9.96. The number of benzene rings is 1. The van der Waals surface area contributed by atoms with Gasteiger partial charge in [0.1, 0.15) is 6.10 Å². The monoisotopic (exact) mass is 234 g/mol. The molecule has 94 valence electrons. The zero-order valence-electron chi connectivity index (χ0n) is 11.0. The van der Waals surface area contributed by atoms with Gasteiger partial charge in [-0.1, -0.05) is 50.6 Å². The van der Waals surface area contributed by atoms with Crippen LogP contribution in [-0.2, 0) is 9.47 Å². The Labute approximate surface area is 104 Å². The van der Waals surface area contributed by atoms with E-state index in [0.717, 1.165) is 12.8 Å². The molecular weight excluding hydrogens is 212 g/mol. The Bertz CT molecular complexity index is 332. The third-order valence-corrected chi connectivity index (χ3v) is 2.99. The summed E-state index contributed by atoms with van der Waals surface area (Å²) in [6.45, 7) is 8.15. The van der Waals surface area contributed by atoms with Gasteiger partial charge in [-0.2, -0.15) is 0 Å². The minimum Gasteiger partial charge on any atom is -0.469 e. The molecule has 1 rings (SSSR count). The van der Waals surface area contributed by atoms with E-state index >= 15 is 0 Å². The highest BCUT2D eigenvalue weighted by molar-refractivity contribution is 5.18. The van der Waals surface area contributed by atoms with E-state index in [1.54, 1.807) is 7.11 Å². The van der Waals surface area contributed by atoms with Gasteiger partial charge < -0.3 is 9.47 Å². The van der Waals surface area contributed by atoms with Crippen LogP contribution >= 0.6 is 0 Å². The van der Waals surface area contributed by atoms with Gasteiger partial charge in [0, 0.05) is 0 Å². The first kappa shape index (κ1) is 13.6. The average Bonchev–Trinajstić information content (AvgIpc) is 2.38. The van der Waals surface area contributed by atoms with E-state index in [4.69, 9.17) is 9.47 Å². The zero-order chi connectivity index (χ0) is 12.7. The first-order chi connectivity index (χ1) is 8.17. The van der Waals surface area contributed by atoms with Crippen LogP contribution in [0.1, 0.15) is 38.4 Å². The van der Waals surface area contributed by atoms with Crippen LogP contribution in [0.3, 0.4) is 0 Å². The third-order valence-electron chi connectivity index (χ3n) is 2.99. The molecule has 1 aromatic carbocycles. The van der Waals surface area contributed by atoms with Crippen LogP contribution < -0.4 is 0 Å². The normalized spacial score (nSPS) is 13.8. The lowest BCUT2D eigenvalue weighted by Crippen LogP contribution is -2.09. The lowest BCUT2D eigenvalue weighted by Gasteiger charge is -2.22. The maximum absolute atomic E-state index is 5.74. The van der Waals surface area contributed by atoms with Crippen molar-refractivity contribution >= 4 is 0 Å². The van der Waals surface area contributed by atoms with Crippen LogP contribution in [0.5, 0.6) is 0 Å². The molecule has 2 atom stereocenters. The highest BCUT2D eigenvalue weighted by Gasteiger charge is 2.16. The van der Waals surface area contributed by atoms with Crippen LogP contribution in [0.2, 0.25) is 0 Å². The van der Waals surface area contributed by atoms with Gasteiger partial charge in [-0.15, -0.1) is 0 Å². The fourth-order valence-electron chi connectivity index (χ4n) is 1.66. The molecule has 0 spiro atoms. The largest absolute Gasteiger partial charge is 0.469 e. The van der Waals surface area contributed by atoms with E-state index in [1.807, 2.05) is 18.2 Å². The van der Waals surface area contributed by atoms with E-state index in [-0.39, 0.29) is 6.10 Å². The van der Waals surface area contributed by atoms with Crippen LogP contribution in [0.25, 0.3) is 0 Å². The minimum atomic E-state index is 0.0265. The maximum Gasteiger partial charge on any atom is 0.271 e. The molecule has 0 aliphatic carbocycles. The van der Waals surface area contributed by atoms with Gasteiger partial charge in [0.25, 0.3) is 5.95 Å². The van der Waals surface area contributed by atoms with Crippen LogP contribution in [0, 0.1) is 5.92 Å². The first-order valence-electron chi connectivity index (χ1n) is 6.11. The van der Waals surface area contributed by atoms with E-state index in [2.05, 4.69) is 32.6 Å². The quantitative estimate of drug-likeness (QED) is 0.655. The summed E-state index contributed by atoms with van der Waals surface area (Å²) in [5, 5.41) is 0. The van der Waals surface area contributed by atoms with Gasteiger partial charge in [-0.25, -0.2) is 0 Å². The molecule has 0 saturated carbocycles. The van der Waals surface area contributed by atoms with E-state index in [0.29, 0.717) is 11.9 Å². The zero-order valence-corrected chi connectivity index (χ0v) is 11.0. The second-order valence-electron chi connectivity index (χ2n) is 4.34. The van der Waals surface area contributed by atoms with Crippen molar-refractivity contribution in [2.24, 2.45) is 5.92 Å². The second-order valence-corrected chi connectivity index (χ2v) is 4.34. The molecule has 0 heterocycles. The van der Waals surface area contributed by atoms with Gasteiger partial charge in [0.05, 0.1) is 7.11 Å². The molecule has 0 saturated heterocycles. The van der Waals surface area contributed by atoms with Crippen molar-refractivity contribution < 1.29 is 9.47 Å². The van der Waals surface area contributed by atoms with Crippen LogP contribution in [-0.4, -0.2) is 7.11 Å². The molecule has 0 aromatic heterocycles. The SMILES string of the molecule is C=C(OC)OC(CC(C)CC)c1ccccc1. The fourth-order valence-corrected chi connectivity index (χ4v) is 1.66. The number of hydrogen-bond donors (Lipinski definition) is 0. The predicted octanol–water partition coefficient (Wildman–Crippen LogP) is 4.30. The molecule has 0 fully saturated rings. The van der Waals surface area contributed by atoms with Crippen molar-refractivity contribution in [2.45, 2.75) is 32.8 Å². The van der Waals surface area contributed by atoms with Gasteiger partial charge in [0.2, 0.25) is 0 Å². The molecule has 0 radical (unpaired) electrons. The van der Waals surface area contributed by atoms with Gasteiger partial charge in [-0.05, 0) is 24.5 Å². The molecule has 17 heavy (non-hydrogen) atoms. The molecule has 0 aliphatic rings. The third kappa shape index (κ3) is 4.51. The smallest absolute Gasteiger partial charge is 0.271 e. The molecule has 2 heteroatoms. The Morgan fingerprint density at radius 3 is 2.47 bits per heavy atom. The van der Waals surface area contributed by atoms with Crippen molar-refractivity contribution in [3.63, 3.8) is 0 Å². The van der Waals surface area contributed by atoms with Gasteiger partial charge >= 0.3 is 0 Å². The molecule has 0 bridgehead atoms. The summed E-state index contributed by atoms with van der Waals surface area (Å²) in [6.07, 6.45) is 2.15. The first-order valence-corrected chi connectivity index (χ1v) is 6.11. The van der Waals surface area contributed by atoms with Gasteiger partial charge in [0.15, 0.2) is 0 Å².